The summed E-state index contributed by atoms with van der Waals surface area (Å²) in [6, 6.07) is 0.223. The van der Waals surface area contributed by atoms with Crippen LogP contribution in [0.1, 0.15) is 42.5 Å². The normalized spacial score (nSPS) is 12.9. The van der Waals surface area contributed by atoms with E-state index in [1.165, 1.54) is 0 Å². The number of aromatic amines is 1. The standard InChI is InChI=1S/C12H21N3O/c1-7(2)10(5)15(6)12(16)11-8(3)13-14-9(11)4/h7,10H,1-6H3,(H,13,14). The Morgan fingerprint density at radius 3 is 2.25 bits per heavy atom. The molecule has 1 aromatic heterocycles. The third-order valence-corrected chi connectivity index (χ3v) is 3.24. The minimum Gasteiger partial charge on any atom is -0.339 e. The highest BCUT2D eigenvalue weighted by Crippen LogP contribution is 2.16. The molecule has 1 rings (SSSR count). The van der Waals surface area contributed by atoms with E-state index in [0.717, 1.165) is 11.4 Å². The van der Waals surface area contributed by atoms with Crippen molar-refractivity contribution in [3.8, 4) is 0 Å². The lowest BCUT2D eigenvalue weighted by Gasteiger charge is -2.28. The first-order chi connectivity index (χ1) is 7.36. The lowest BCUT2D eigenvalue weighted by atomic mass is 10.0. The number of aryl methyl sites for hydroxylation is 2. The molecular weight excluding hydrogens is 202 g/mol. The molecular formula is C12H21N3O. The zero-order chi connectivity index (χ0) is 12.5. The van der Waals surface area contributed by atoms with E-state index in [0.29, 0.717) is 11.5 Å². The monoisotopic (exact) mass is 223 g/mol. The van der Waals surface area contributed by atoms with E-state index in [2.05, 4.69) is 31.0 Å². The summed E-state index contributed by atoms with van der Waals surface area (Å²) in [7, 11) is 1.85. The topological polar surface area (TPSA) is 49.0 Å². The van der Waals surface area contributed by atoms with Gasteiger partial charge >= 0.3 is 0 Å². The molecule has 1 unspecified atom stereocenters. The van der Waals surface area contributed by atoms with Crippen molar-refractivity contribution in [3.05, 3.63) is 17.0 Å². The highest BCUT2D eigenvalue weighted by atomic mass is 16.2. The largest absolute Gasteiger partial charge is 0.339 e. The molecule has 0 fully saturated rings. The number of H-pyrrole nitrogens is 1. The zero-order valence-electron chi connectivity index (χ0n) is 11.0. The molecule has 1 aromatic rings. The maximum atomic E-state index is 12.3. The molecule has 0 saturated carbocycles. The van der Waals surface area contributed by atoms with Crippen molar-refractivity contribution in [3.63, 3.8) is 0 Å². The van der Waals surface area contributed by atoms with E-state index >= 15 is 0 Å². The lowest BCUT2D eigenvalue weighted by Crippen LogP contribution is -2.38. The quantitative estimate of drug-likeness (QED) is 0.853. The van der Waals surface area contributed by atoms with Crippen LogP contribution in [0.4, 0.5) is 0 Å². The van der Waals surface area contributed by atoms with Gasteiger partial charge in [-0.05, 0) is 26.7 Å². The number of nitrogens with zero attached hydrogens (tertiary/aromatic N) is 2. The van der Waals surface area contributed by atoms with Gasteiger partial charge in [0.05, 0.1) is 11.3 Å². The van der Waals surface area contributed by atoms with Gasteiger partial charge in [-0.25, -0.2) is 0 Å². The molecule has 0 spiro atoms. The summed E-state index contributed by atoms with van der Waals surface area (Å²) in [5.74, 6) is 0.492. The molecule has 0 aliphatic rings. The number of amides is 1. The van der Waals surface area contributed by atoms with Crippen LogP contribution < -0.4 is 0 Å². The number of hydrogen-bond acceptors (Lipinski definition) is 2. The summed E-state index contributed by atoms with van der Waals surface area (Å²) in [6.07, 6.45) is 0. The van der Waals surface area contributed by atoms with Crippen molar-refractivity contribution in [2.75, 3.05) is 7.05 Å². The Hall–Kier alpha value is -1.32. The number of nitrogens with one attached hydrogen (secondary N) is 1. The van der Waals surface area contributed by atoms with Crippen molar-refractivity contribution >= 4 is 5.91 Å². The number of rotatable bonds is 3. The van der Waals surface area contributed by atoms with E-state index in [1.54, 1.807) is 4.90 Å². The van der Waals surface area contributed by atoms with Crippen LogP contribution in [-0.2, 0) is 0 Å². The molecule has 0 aliphatic heterocycles. The minimum absolute atomic E-state index is 0.0463. The molecule has 4 nitrogen and oxygen atoms in total. The van der Waals surface area contributed by atoms with Gasteiger partial charge in [-0.3, -0.25) is 9.89 Å². The average Bonchev–Trinajstić information content (AvgIpc) is 2.55. The van der Waals surface area contributed by atoms with Gasteiger partial charge in [0.1, 0.15) is 0 Å². The molecule has 16 heavy (non-hydrogen) atoms. The molecule has 1 heterocycles. The molecule has 0 radical (unpaired) electrons. The summed E-state index contributed by atoms with van der Waals surface area (Å²) in [6.45, 7) is 10.0. The van der Waals surface area contributed by atoms with Crippen LogP contribution in [0.2, 0.25) is 0 Å². The SMILES string of the molecule is Cc1n[nH]c(C)c1C(=O)N(C)C(C)C(C)C. The van der Waals surface area contributed by atoms with Crippen LogP contribution in [-0.4, -0.2) is 34.1 Å². The third kappa shape index (κ3) is 2.26. The van der Waals surface area contributed by atoms with Gasteiger partial charge < -0.3 is 4.90 Å². The molecule has 4 heteroatoms. The Labute approximate surface area is 97.0 Å². The fraction of sp³-hybridized carbons (Fsp3) is 0.667. The Balaban J connectivity index is 2.95. The van der Waals surface area contributed by atoms with E-state index < -0.39 is 0 Å². The van der Waals surface area contributed by atoms with Gasteiger partial charge in [-0.1, -0.05) is 13.8 Å². The van der Waals surface area contributed by atoms with Crippen LogP contribution in [0.15, 0.2) is 0 Å². The molecule has 0 bridgehead atoms. The fourth-order valence-electron chi connectivity index (χ4n) is 1.67. The first-order valence-electron chi connectivity index (χ1n) is 5.65. The Morgan fingerprint density at radius 1 is 1.31 bits per heavy atom. The second-order valence-electron chi connectivity index (χ2n) is 4.71. The maximum absolute atomic E-state index is 12.3. The molecule has 0 aromatic carbocycles. The third-order valence-electron chi connectivity index (χ3n) is 3.24. The Bertz CT molecular complexity index is 362. The number of aromatic nitrogens is 2. The van der Waals surface area contributed by atoms with Crippen LogP contribution in [0.3, 0.4) is 0 Å². The predicted molar refractivity (Wildman–Crippen MR) is 64.5 cm³/mol. The van der Waals surface area contributed by atoms with E-state index in [4.69, 9.17) is 0 Å². The van der Waals surface area contributed by atoms with Gasteiger partial charge in [0.15, 0.2) is 0 Å². The molecule has 1 N–H and O–H groups in total. The first kappa shape index (κ1) is 12.7. The number of carbonyl (C=O) groups excluding carboxylic acids is 1. The van der Waals surface area contributed by atoms with E-state index in [9.17, 15) is 4.79 Å². The highest BCUT2D eigenvalue weighted by molar-refractivity contribution is 5.96. The van der Waals surface area contributed by atoms with Crippen molar-refractivity contribution in [1.29, 1.82) is 0 Å². The van der Waals surface area contributed by atoms with Crippen LogP contribution in [0.25, 0.3) is 0 Å². The summed E-state index contributed by atoms with van der Waals surface area (Å²) < 4.78 is 0. The van der Waals surface area contributed by atoms with Gasteiger partial charge in [0.2, 0.25) is 0 Å². The molecule has 1 amide bonds. The van der Waals surface area contributed by atoms with Gasteiger partial charge in [0, 0.05) is 18.8 Å². The predicted octanol–water partition coefficient (Wildman–Crippen LogP) is 2.14. The zero-order valence-corrected chi connectivity index (χ0v) is 11.0. The first-order valence-corrected chi connectivity index (χ1v) is 5.65. The van der Waals surface area contributed by atoms with Gasteiger partial charge in [-0.2, -0.15) is 5.10 Å². The lowest BCUT2D eigenvalue weighted by molar-refractivity contribution is 0.0705. The van der Waals surface area contributed by atoms with Crippen molar-refractivity contribution in [1.82, 2.24) is 15.1 Å². The second-order valence-corrected chi connectivity index (χ2v) is 4.71. The van der Waals surface area contributed by atoms with E-state index in [-0.39, 0.29) is 11.9 Å². The number of carbonyl (C=O) groups is 1. The maximum Gasteiger partial charge on any atom is 0.257 e. The van der Waals surface area contributed by atoms with Crippen molar-refractivity contribution in [2.45, 2.75) is 40.7 Å². The van der Waals surface area contributed by atoms with Crippen molar-refractivity contribution in [2.24, 2.45) is 5.92 Å². The summed E-state index contributed by atoms with van der Waals surface area (Å²) in [5, 5.41) is 6.89. The molecule has 90 valence electrons. The smallest absolute Gasteiger partial charge is 0.257 e. The fourth-order valence-corrected chi connectivity index (χ4v) is 1.67. The minimum atomic E-state index is 0.0463. The van der Waals surface area contributed by atoms with Gasteiger partial charge in [-0.15, -0.1) is 0 Å². The van der Waals surface area contributed by atoms with Crippen LogP contribution in [0, 0.1) is 19.8 Å². The van der Waals surface area contributed by atoms with Gasteiger partial charge in [0.25, 0.3) is 5.91 Å². The van der Waals surface area contributed by atoms with Crippen molar-refractivity contribution < 1.29 is 4.79 Å². The van der Waals surface area contributed by atoms with Crippen LogP contribution in [0.5, 0.6) is 0 Å². The van der Waals surface area contributed by atoms with Crippen LogP contribution >= 0.6 is 0 Å². The molecule has 0 saturated heterocycles. The Kier molecular flexibility index (Phi) is 3.73. The second kappa shape index (κ2) is 4.68. The summed E-state index contributed by atoms with van der Waals surface area (Å²) >= 11 is 0. The Morgan fingerprint density at radius 2 is 1.88 bits per heavy atom. The molecule has 0 aliphatic carbocycles. The average molecular weight is 223 g/mol. The highest BCUT2D eigenvalue weighted by Gasteiger charge is 2.23. The van der Waals surface area contributed by atoms with E-state index in [1.807, 2.05) is 20.9 Å². The summed E-state index contributed by atoms with van der Waals surface area (Å²) in [5.41, 5.74) is 2.31. The summed E-state index contributed by atoms with van der Waals surface area (Å²) in [4.78, 5) is 14.0. The molecule has 1 atom stereocenters. The number of hydrogen-bond donors (Lipinski definition) is 1.